The molecule has 30 heavy (non-hydrogen) atoms. The largest absolute Gasteiger partial charge is 0.489 e. The van der Waals surface area contributed by atoms with Crippen molar-refractivity contribution in [2.75, 3.05) is 6.61 Å². The zero-order valence-electron chi connectivity index (χ0n) is 18.1. The third-order valence-corrected chi connectivity index (χ3v) is 4.12. The maximum Gasteiger partial charge on any atom is 0.407 e. The summed E-state index contributed by atoms with van der Waals surface area (Å²) in [5.41, 5.74) is 1.32. The van der Waals surface area contributed by atoms with Crippen LogP contribution in [0, 0.1) is 0 Å². The molecule has 0 radical (unpaired) electrons. The highest BCUT2D eigenvalue weighted by Gasteiger charge is 2.23. The van der Waals surface area contributed by atoms with Gasteiger partial charge in [-0.1, -0.05) is 48.5 Å². The Morgan fingerprint density at radius 2 is 1.67 bits per heavy atom. The standard InChI is InChI=1S/C24H31NO5/c1-5-28-22(26)16-20(25-23(27)30-24(2,3)4)15-19-13-9-10-14-21(19)29-17-18-11-7-6-8-12-18/h6-14,20H,5,15-17H2,1-4H3,(H,25,27). The fourth-order valence-corrected chi connectivity index (χ4v) is 2.88. The number of hydrogen-bond donors (Lipinski definition) is 1. The number of nitrogens with one attached hydrogen (secondary N) is 1. The predicted molar refractivity (Wildman–Crippen MR) is 115 cm³/mol. The van der Waals surface area contributed by atoms with Crippen molar-refractivity contribution in [3.63, 3.8) is 0 Å². The molecule has 0 saturated heterocycles. The van der Waals surface area contributed by atoms with E-state index in [1.165, 1.54) is 0 Å². The third-order valence-electron chi connectivity index (χ3n) is 4.12. The number of carbonyl (C=O) groups is 2. The third kappa shape index (κ3) is 8.55. The Kier molecular flexibility index (Phi) is 8.71. The highest BCUT2D eigenvalue weighted by Crippen LogP contribution is 2.22. The molecule has 6 heteroatoms. The molecule has 0 aliphatic heterocycles. The SMILES string of the molecule is CCOC(=O)CC(Cc1ccccc1OCc1ccccc1)NC(=O)OC(C)(C)C. The Balaban J connectivity index is 2.11. The van der Waals surface area contributed by atoms with Crippen LogP contribution < -0.4 is 10.1 Å². The first kappa shape index (κ1) is 23.3. The van der Waals surface area contributed by atoms with Crippen molar-refractivity contribution in [2.45, 2.75) is 58.8 Å². The van der Waals surface area contributed by atoms with Crippen LogP contribution in [0.15, 0.2) is 54.6 Å². The first-order chi connectivity index (χ1) is 14.3. The van der Waals surface area contributed by atoms with Crippen LogP contribution in [0.25, 0.3) is 0 Å². The van der Waals surface area contributed by atoms with Gasteiger partial charge in [-0.25, -0.2) is 4.79 Å². The minimum absolute atomic E-state index is 0.0418. The Morgan fingerprint density at radius 3 is 2.33 bits per heavy atom. The molecule has 0 saturated carbocycles. The van der Waals surface area contributed by atoms with Crippen molar-refractivity contribution < 1.29 is 23.8 Å². The number of rotatable bonds is 9. The van der Waals surface area contributed by atoms with Crippen LogP contribution in [-0.4, -0.2) is 30.3 Å². The number of hydrogen-bond acceptors (Lipinski definition) is 5. The Bertz CT molecular complexity index is 814. The van der Waals surface area contributed by atoms with E-state index in [1.54, 1.807) is 27.7 Å². The highest BCUT2D eigenvalue weighted by molar-refractivity contribution is 5.73. The van der Waals surface area contributed by atoms with Crippen LogP contribution in [0.3, 0.4) is 0 Å². The second-order valence-electron chi connectivity index (χ2n) is 7.94. The van der Waals surface area contributed by atoms with Crippen LogP contribution in [0.1, 0.15) is 45.2 Å². The molecule has 0 spiro atoms. The summed E-state index contributed by atoms with van der Waals surface area (Å²) in [5.74, 6) is 0.336. The Hall–Kier alpha value is -3.02. The second kappa shape index (κ2) is 11.2. The lowest BCUT2D eigenvalue weighted by molar-refractivity contribution is -0.143. The molecule has 0 aliphatic carbocycles. The van der Waals surface area contributed by atoms with Gasteiger partial charge >= 0.3 is 12.1 Å². The summed E-state index contributed by atoms with van der Waals surface area (Å²) in [6, 6.07) is 17.0. The number of ether oxygens (including phenoxy) is 3. The molecule has 0 bridgehead atoms. The van der Waals surface area contributed by atoms with Crippen LogP contribution >= 0.6 is 0 Å². The van der Waals surface area contributed by atoms with Crippen LogP contribution in [0.2, 0.25) is 0 Å². The lowest BCUT2D eigenvalue weighted by Crippen LogP contribution is -2.41. The fraction of sp³-hybridized carbons (Fsp3) is 0.417. The van der Waals surface area contributed by atoms with E-state index in [9.17, 15) is 9.59 Å². The molecule has 0 heterocycles. The minimum atomic E-state index is -0.630. The van der Waals surface area contributed by atoms with E-state index in [0.717, 1.165) is 11.1 Å². The van der Waals surface area contributed by atoms with E-state index >= 15 is 0 Å². The van der Waals surface area contributed by atoms with Gasteiger partial charge in [-0.05, 0) is 51.3 Å². The summed E-state index contributed by atoms with van der Waals surface area (Å²) in [7, 11) is 0. The van der Waals surface area contributed by atoms with Crippen molar-refractivity contribution in [3.05, 3.63) is 65.7 Å². The topological polar surface area (TPSA) is 73.9 Å². The molecule has 1 unspecified atom stereocenters. The van der Waals surface area contributed by atoms with Gasteiger partial charge in [0.15, 0.2) is 0 Å². The molecule has 0 aliphatic rings. The van der Waals surface area contributed by atoms with Gasteiger partial charge in [-0.15, -0.1) is 0 Å². The van der Waals surface area contributed by atoms with E-state index in [4.69, 9.17) is 14.2 Å². The number of benzene rings is 2. The number of alkyl carbamates (subject to hydrolysis) is 1. The van der Waals surface area contributed by atoms with Crippen molar-refractivity contribution in [3.8, 4) is 5.75 Å². The summed E-state index contributed by atoms with van der Waals surface area (Å²) >= 11 is 0. The molecule has 1 atom stereocenters. The molecule has 1 N–H and O–H groups in total. The summed E-state index contributed by atoms with van der Waals surface area (Å²) in [6.45, 7) is 7.84. The van der Waals surface area contributed by atoms with E-state index in [1.807, 2.05) is 54.6 Å². The lowest BCUT2D eigenvalue weighted by Gasteiger charge is -2.24. The summed E-state index contributed by atoms with van der Waals surface area (Å²) in [5, 5.41) is 2.79. The zero-order chi connectivity index (χ0) is 22.0. The van der Waals surface area contributed by atoms with Gasteiger partial charge in [0.2, 0.25) is 0 Å². The monoisotopic (exact) mass is 413 g/mol. The van der Waals surface area contributed by atoms with Gasteiger partial charge in [0, 0.05) is 6.04 Å². The second-order valence-corrected chi connectivity index (χ2v) is 7.94. The average Bonchev–Trinajstić information content (AvgIpc) is 2.66. The summed E-state index contributed by atoms with van der Waals surface area (Å²) in [4.78, 5) is 24.3. The van der Waals surface area contributed by atoms with E-state index in [2.05, 4.69) is 5.32 Å². The molecule has 2 aromatic rings. The van der Waals surface area contributed by atoms with Gasteiger partial charge in [0.05, 0.1) is 13.0 Å². The number of para-hydroxylation sites is 1. The van der Waals surface area contributed by atoms with E-state index in [0.29, 0.717) is 18.8 Å². The molecule has 2 rings (SSSR count). The summed E-state index contributed by atoms with van der Waals surface area (Å²) in [6.07, 6.45) is -0.122. The van der Waals surface area contributed by atoms with Gasteiger partial charge < -0.3 is 19.5 Å². The number of esters is 1. The van der Waals surface area contributed by atoms with Gasteiger partial charge in [0.1, 0.15) is 18.0 Å². The number of amides is 1. The van der Waals surface area contributed by atoms with Crippen molar-refractivity contribution in [1.29, 1.82) is 0 Å². The molecule has 2 aromatic carbocycles. The summed E-state index contributed by atoms with van der Waals surface area (Å²) < 4.78 is 16.4. The van der Waals surface area contributed by atoms with Crippen LogP contribution in [0.5, 0.6) is 5.75 Å². The van der Waals surface area contributed by atoms with Gasteiger partial charge in [0.25, 0.3) is 0 Å². The normalized spacial score (nSPS) is 12.0. The first-order valence-electron chi connectivity index (χ1n) is 10.2. The van der Waals surface area contributed by atoms with Gasteiger partial charge in [-0.3, -0.25) is 4.79 Å². The molecular formula is C24H31NO5. The molecule has 0 aromatic heterocycles. The minimum Gasteiger partial charge on any atom is -0.489 e. The average molecular weight is 414 g/mol. The predicted octanol–water partition coefficient (Wildman–Crippen LogP) is 4.65. The zero-order valence-corrected chi connectivity index (χ0v) is 18.1. The fourth-order valence-electron chi connectivity index (χ4n) is 2.88. The lowest BCUT2D eigenvalue weighted by atomic mass is 10.0. The molecule has 1 amide bonds. The maximum absolute atomic E-state index is 12.3. The van der Waals surface area contributed by atoms with Gasteiger partial charge in [-0.2, -0.15) is 0 Å². The number of carbonyl (C=O) groups excluding carboxylic acids is 2. The Morgan fingerprint density at radius 1 is 1.00 bits per heavy atom. The molecule has 0 fully saturated rings. The van der Waals surface area contributed by atoms with Crippen molar-refractivity contribution in [2.24, 2.45) is 0 Å². The van der Waals surface area contributed by atoms with Crippen LogP contribution in [0.4, 0.5) is 4.79 Å². The van der Waals surface area contributed by atoms with Crippen molar-refractivity contribution >= 4 is 12.1 Å². The smallest absolute Gasteiger partial charge is 0.407 e. The van der Waals surface area contributed by atoms with E-state index < -0.39 is 17.7 Å². The highest BCUT2D eigenvalue weighted by atomic mass is 16.6. The van der Waals surface area contributed by atoms with Crippen molar-refractivity contribution in [1.82, 2.24) is 5.32 Å². The molecule has 6 nitrogen and oxygen atoms in total. The first-order valence-corrected chi connectivity index (χ1v) is 10.2. The maximum atomic E-state index is 12.3. The van der Waals surface area contributed by atoms with Crippen LogP contribution in [-0.2, 0) is 27.3 Å². The Labute approximate surface area is 178 Å². The quantitative estimate of drug-likeness (QED) is 0.606. The molecule has 162 valence electrons. The molecular weight excluding hydrogens is 382 g/mol. The van der Waals surface area contributed by atoms with E-state index in [-0.39, 0.29) is 19.0 Å².